The number of carbonyl (C=O) groups is 2. The SMILES string of the molecule is O=C(NCc1ccc(N2CCOCC2)nc1)[C@H]1CCCN(C(=O)Nc2ccccc2)C1. The standard InChI is InChI=1S/C23H29N5O3/c29-22(25-16-18-8-9-21(24-15-18)27-11-13-31-14-12-27)19-5-4-10-28(17-19)23(30)26-20-6-2-1-3-7-20/h1-3,6-9,15,19H,4-5,10-14,16-17H2,(H,25,29)(H,26,30)/t19-/m0/s1. The minimum Gasteiger partial charge on any atom is -0.378 e. The Morgan fingerprint density at radius 1 is 1.06 bits per heavy atom. The highest BCUT2D eigenvalue weighted by molar-refractivity contribution is 5.90. The first-order valence-electron chi connectivity index (χ1n) is 10.9. The molecule has 0 bridgehead atoms. The number of nitrogens with one attached hydrogen (secondary N) is 2. The van der Waals surface area contributed by atoms with Crippen LogP contribution < -0.4 is 15.5 Å². The van der Waals surface area contributed by atoms with Crippen molar-refractivity contribution in [2.24, 2.45) is 5.92 Å². The number of pyridine rings is 1. The zero-order valence-corrected chi connectivity index (χ0v) is 17.6. The van der Waals surface area contributed by atoms with Gasteiger partial charge in [-0.1, -0.05) is 24.3 Å². The Morgan fingerprint density at radius 2 is 1.87 bits per heavy atom. The summed E-state index contributed by atoms with van der Waals surface area (Å²) in [4.78, 5) is 33.7. The van der Waals surface area contributed by atoms with Crippen LogP contribution in [0.4, 0.5) is 16.3 Å². The Kier molecular flexibility index (Phi) is 6.99. The van der Waals surface area contributed by atoms with Crippen molar-refractivity contribution in [1.29, 1.82) is 0 Å². The van der Waals surface area contributed by atoms with Crippen LogP contribution in [-0.2, 0) is 16.1 Å². The van der Waals surface area contributed by atoms with Gasteiger partial charge >= 0.3 is 6.03 Å². The fourth-order valence-corrected chi connectivity index (χ4v) is 3.93. The molecule has 8 heteroatoms. The predicted octanol–water partition coefficient (Wildman–Crippen LogP) is 2.48. The number of urea groups is 1. The van der Waals surface area contributed by atoms with Crippen molar-refractivity contribution >= 4 is 23.4 Å². The van der Waals surface area contributed by atoms with Crippen LogP contribution in [0.5, 0.6) is 0 Å². The molecule has 31 heavy (non-hydrogen) atoms. The molecule has 164 valence electrons. The lowest BCUT2D eigenvalue weighted by Gasteiger charge is -2.32. The van der Waals surface area contributed by atoms with E-state index in [-0.39, 0.29) is 17.9 Å². The molecular formula is C23H29N5O3. The highest BCUT2D eigenvalue weighted by Gasteiger charge is 2.28. The Hall–Kier alpha value is -3.13. The van der Waals surface area contributed by atoms with Crippen LogP contribution in [0.2, 0.25) is 0 Å². The maximum atomic E-state index is 12.7. The van der Waals surface area contributed by atoms with Crippen molar-refractivity contribution in [2.75, 3.05) is 49.6 Å². The number of morpholine rings is 1. The highest BCUT2D eigenvalue weighted by atomic mass is 16.5. The van der Waals surface area contributed by atoms with Gasteiger partial charge in [-0.05, 0) is 36.6 Å². The summed E-state index contributed by atoms with van der Waals surface area (Å²) >= 11 is 0. The summed E-state index contributed by atoms with van der Waals surface area (Å²) in [5, 5.41) is 5.90. The topological polar surface area (TPSA) is 86.8 Å². The van der Waals surface area contributed by atoms with E-state index in [0.717, 1.165) is 56.2 Å². The lowest BCUT2D eigenvalue weighted by molar-refractivity contribution is -0.126. The Morgan fingerprint density at radius 3 is 2.61 bits per heavy atom. The molecule has 8 nitrogen and oxygen atoms in total. The smallest absolute Gasteiger partial charge is 0.321 e. The van der Waals surface area contributed by atoms with E-state index in [1.165, 1.54) is 0 Å². The normalized spacial score (nSPS) is 19.0. The van der Waals surface area contributed by atoms with Crippen molar-refractivity contribution in [2.45, 2.75) is 19.4 Å². The largest absolute Gasteiger partial charge is 0.378 e. The number of ether oxygens (including phenoxy) is 1. The van der Waals surface area contributed by atoms with Crippen molar-refractivity contribution in [3.63, 3.8) is 0 Å². The van der Waals surface area contributed by atoms with Gasteiger partial charge in [-0.25, -0.2) is 9.78 Å². The average Bonchev–Trinajstić information content (AvgIpc) is 2.84. The summed E-state index contributed by atoms with van der Waals surface area (Å²) in [7, 11) is 0. The Labute approximate surface area is 182 Å². The van der Waals surface area contributed by atoms with Crippen LogP contribution in [0.3, 0.4) is 0 Å². The molecule has 1 aromatic heterocycles. The molecule has 4 rings (SSSR count). The summed E-state index contributed by atoms with van der Waals surface area (Å²) in [6, 6.07) is 13.2. The fraction of sp³-hybridized carbons (Fsp3) is 0.435. The molecule has 0 spiro atoms. The number of aromatic nitrogens is 1. The molecule has 0 radical (unpaired) electrons. The number of para-hydroxylation sites is 1. The molecule has 2 aliphatic heterocycles. The van der Waals surface area contributed by atoms with E-state index < -0.39 is 0 Å². The molecule has 1 atom stereocenters. The second-order valence-corrected chi connectivity index (χ2v) is 7.92. The molecule has 0 aliphatic carbocycles. The lowest BCUT2D eigenvalue weighted by Crippen LogP contribution is -2.46. The third-order valence-corrected chi connectivity index (χ3v) is 5.72. The number of benzene rings is 1. The summed E-state index contributed by atoms with van der Waals surface area (Å²) in [6.45, 7) is 4.66. The first-order chi connectivity index (χ1) is 15.2. The van der Waals surface area contributed by atoms with Gasteiger partial charge in [0, 0.05) is 44.6 Å². The number of rotatable bonds is 5. The lowest BCUT2D eigenvalue weighted by atomic mass is 9.97. The average molecular weight is 424 g/mol. The second-order valence-electron chi connectivity index (χ2n) is 7.92. The number of likely N-dealkylation sites (tertiary alicyclic amines) is 1. The first kappa shape index (κ1) is 21.1. The maximum absolute atomic E-state index is 12.7. The van der Waals surface area contributed by atoms with E-state index in [2.05, 4.69) is 20.5 Å². The summed E-state index contributed by atoms with van der Waals surface area (Å²) in [5.74, 6) is 0.719. The molecule has 1 aromatic carbocycles. The van der Waals surface area contributed by atoms with Crippen LogP contribution in [0.1, 0.15) is 18.4 Å². The fourth-order valence-electron chi connectivity index (χ4n) is 3.93. The predicted molar refractivity (Wildman–Crippen MR) is 119 cm³/mol. The molecule has 2 fully saturated rings. The van der Waals surface area contributed by atoms with Gasteiger partial charge in [0.15, 0.2) is 0 Å². The van der Waals surface area contributed by atoms with E-state index in [0.29, 0.717) is 19.6 Å². The monoisotopic (exact) mass is 423 g/mol. The van der Waals surface area contributed by atoms with Crippen LogP contribution in [0.25, 0.3) is 0 Å². The molecular weight excluding hydrogens is 394 g/mol. The van der Waals surface area contributed by atoms with Gasteiger partial charge in [-0.3, -0.25) is 4.79 Å². The molecule has 2 aliphatic rings. The molecule has 2 aromatic rings. The zero-order valence-electron chi connectivity index (χ0n) is 17.6. The summed E-state index contributed by atoms with van der Waals surface area (Å²) in [6.07, 6.45) is 3.41. The molecule has 3 heterocycles. The molecule has 0 unspecified atom stereocenters. The van der Waals surface area contributed by atoms with Gasteiger partial charge in [-0.15, -0.1) is 0 Å². The van der Waals surface area contributed by atoms with E-state index in [4.69, 9.17) is 4.74 Å². The van der Waals surface area contributed by atoms with Gasteiger partial charge in [0.25, 0.3) is 0 Å². The Balaban J connectivity index is 1.25. The number of hydrogen-bond donors (Lipinski definition) is 2. The van der Waals surface area contributed by atoms with Crippen LogP contribution >= 0.6 is 0 Å². The zero-order chi connectivity index (χ0) is 21.5. The number of amides is 3. The first-order valence-corrected chi connectivity index (χ1v) is 10.9. The highest BCUT2D eigenvalue weighted by Crippen LogP contribution is 2.19. The second kappa shape index (κ2) is 10.3. The minimum atomic E-state index is -0.198. The molecule has 2 saturated heterocycles. The number of hydrogen-bond acceptors (Lipinski definition) is 5. The van der Waals surface area contributed by atoms with E-state index >= 15 is 0 Å². The third-order valence-electron chi connectivity index (χ3n) is 5.72. The third kappa shape index (κ3) is 5.73. The summed E-state index contributed by atoms with van der Waals surface area (Å²) in [5.41, 5.74) is 1.71. The van der Waals surface area contributed by atoms with Gasteiger partial charge in [0.2, 0.25) is 5.91 Å². The van der Waals surface area contributed by atoms with Gasteiger partial charge in [0.1, 0.15) is 5.82 Å². The molecule has 2 N–H and O–H groups in total. The molecule has 3 amide bonds. The van der Waals surface area contributed by atoms with Crippen molar-refractivity contribution < 1.29 is 14.3 Å². The number of carbonyl (C=O) groups excluding carboxylic acids is 2. The maximum Gasteiger partial charge on any atom is 0.321 e. The number of nitrogens with zero attached hydrogens (tertiary/aromatic N) is 3. The van der Waals surface area contributed by atoms with Gasteiger partial charge in [-0.2, -0.15) is 0 Å². The van der Waals surface area contributed by atoms with Crippen LogP contribution in [0, 0.1) is 5.92 Å². The van der Waals surface area contributed by atoms with E-state index in [1.807, 2.05) is 48.7 Å². The van der Waals surface area contributed by atoms with Crippen molar-refractivity contribution in [3.8, 4) is 0 Å². The molecule has 0 saturated carbocycles. The van der Waals surface area contributed by atoms with Gasteiger partial charge in [0.05, 0.1) is 19.1 Å². The van der Waals surface area contributed by atoms with Crippen LogP contribution in [0.15, 0.2) is 48.7 Å². The van der Waals surface area contributed by atoms with Gasteiger partial charge < -0.3 is 25.2 Å². The van der Waals surface area contributed by atoms with E-state index in [1.54, 1.807) is 4.90 Å². The van der Waals surface area contributed by atoms with E-state index in [9.17, 15) is 9.59 Å². The minimum absolute atomic E-state index is 0.0190. The Bertz CT molecular complexity index is 869. The van der Waals surface area contributed by atoms with Crippen molar-refractivity contribution in [1.82, 2.24) is 15.2 Å². The van der Waals surface area contributed by atoms with Crippen LogP contribution in [-0.4, -0.2) is 61.2 Å². The quantitative estimate of drug-likeness (QED) is 0.772. The summed E-state index contributed by atoms with van der Waals surface area (Å²) < 4.78 is 5.37. The number of piperidine rings is 1. The van der Waals surface area contributed by atoms with Crippen molar-refractivity contribution in [3.05, 3.63) is 54.2 Å². The number of anilines is 2.